The third-order valence-electron chi connectivity index (χ3n) is 0.981. The minimum Gasteiger partial charge on any atom is -0.300 e. The van der Waals surface area contributed by atoms with Crippen molar-refractivity contribution in [1.82, 2.24) is 0 Å². The molecule has 0 aliphatic heterocycles. The van der Waals surface area contributed by atoms with Gasteiger partial charge < -0.3 is 4.79 Å². The molecular formula is C6H9ClO2. The summed E-state index contributed by atoms with van der Waals surface area (Å²) in [6.45, 7) is 3.08. The van der Waals surface area contributed by atoms with E-state index in [-0.39, 0.29) is 18.1 Å². The maximum Gasteiger partial charge on any atom is 0.224 e. The smallest absolute Gasteiger partial charge is 0.224 e. The van der Waals surface area contributed by atoms with Crippen molar-refractivity contribution in [2.45, 2.75) is 20.3 Å². The maximum atomic E-state index is 10.3. The predicted molar refractivity (Wildman–Crippen MR) is 35.3 cm³/mol. The SMILES string of the molecule is CC(=O)C[C@H](C)C(=O)Cl. The van der Waals surface area contributed by atoms with Crippen molar-refractivity contribution in [2.24, 2.45) is 5.92 Å². The van der Waals surface area contributed by atoms with Crippen LogP contribution in [-0.2, 0) is 9.59 Å². The van der Waals surface area contributed by atoms with Crippen molar-refractivity contribution in [3.8, 4) is 0 Å². The predicted octanol–water partition coefficient (Wildman–Crippen LogP) is 1.37. The molecule has 0 unspecified atom stereocenters. The van der Waals surface area contributed by atoms with Gasteiger partial charge in [0.25, 0.3) is 0 Å². The summed E-state index contributed by atoms with van der Waals surface area (Å²) in [5, 5.41) is -0.440. The van der Waals surface area contributed by atoms with Gasteiger partial charge >= 0.3 is 0 Å². The Balaban J connectivity index is 3.63. The van der Waals surface area contributed by atoms with Gasteiger partial charge in [0.05, 0.1) is 0 Å². The zero-order chi connectivity index (χ0) is 7.44. The summed E-state index contributed by atoms with van der Waals surface area (Å²) < 4.78 is 0. The van der Waals surface area contributed by atoms with E-state index in [4.69, 9.17) is 11.6 Å². The first-order valence-corrected chi connectivity index (χ1v) is 3.10. The lowest BCUT2D eigenvalue weighted by Crippen LogP contribution is -2.07. The van der Waals surface area contributed by atoms with Gasteiger partial charge in [-0.2, -0.15) is 0 Å². The van der Waals surface area contributed by atoms with Crippen LogP contribution in [0.3, 0.4) is 0 Å². The fourth-order valence-corrected chi connectivity index (χ4v) is 0.589. The third kappa shape index (κ3) is 4.15. The Hall–Kier alpha value is -0.370. The Labute approximate surface area is 59.2 Å². The number of rotatable bonds is 3. The van der Waals surface area contributed by atoms with Crippen molar-refractivity contribution >= 4 is 22.6 Å². The molecule has 0 saturated heterocycles. The van der Waals surface area contributed by atoms with E-state index >= 15 is 0 Å². The molecule has 0 aromatic heterocycles. The van der Waals surface area contributed by atoms with Gasteiger partial charge in [-0.15, -0.1) is 0 Å². The second-order valence-electron chi connectivity index (χ2n) is 2.11. The lowest BCUT2D eigenvalue weighted by atomic mass is 10.1. The van der Waals surface area contributed by atoms with E-state index in [1.54, 1.807) is 6.92 Å². The number of Topliss-reactive ketones (excluding diaryl/α,β-unsaturated/α-hetero) is 1. The number of hydrogen-bond acceptors (Lipinski definition) is 2. The van der Waals surface area contributed by atoms with Crippen molar-refractivity contribution < 1.29 is 9.59 Å². The Morgan fingerprint density at radius 2 is 2.00 bits per heavy atom. The first-order chi connectivity index (χ1) is 4.04. The third-order valence-corrected chi connectivity index (χ3v) is 1.35. The summed E-state index contributed by atoms with van der Waals surface area (Å²) >= 11 is 5.08. The Morgan fingerprint density at radius 1 is 1.56 bits per heavy atom. The van der Waals surface area contributed by atoms with Gasteiger partial charge in [0.15, 0.2) is 0 Å². The summed E-state index contributed by atoms with van der Waals surface area (Å²) in [4.78, 5) is 20.6. The molecule has 0 aliphatic rings. The number of hydrogen-bond donors (Lipinski definition) is 0. The van der Waals surface area contributed by atoms with Crippen LogP contribution in [0.5, 0.6) is 0 Å². The number of ketones is 1. The number of carbonyl (C=O) groups is 2. The molecule has 3 heteroatoms. The van der Waals surface area contributed by atoms with E-state index in [0.717, 1.165) is 0 Å². The van der Waals surface area contributed by atoms with Crippen molar-refractivity contribution in [1.29, 1.82) is 0 Å². The van der Waals surface area contributed by atoms with E-state index in [2.05, 4.69) is 0 Å². The number of carbonyl (C=O) groups excluding carboxylic acids is 2. The topological polar surface area (TPSA) is 34.1 Å². The first-order valence-electron chi connectivity index (χ1n) is 2.73. The van der Waals surface area contributed by atoms with Gasteiger partial charge in [0.2, 0.25) is 5.24 Å². The van der Waals surface area contributed by atoms with Crippen molar-refractivity contribution in [3.05, 3.63) is 0 Å². The molecule has 0 fully saturated rings. The Bertz CT molecular complexity index is 131. The largest absolute Gasteiger partial charge is 0.300 e. The molecule has 52 valence electrons. The van der Waals surface area contributed by atoms with Crippen LogP contribution in [0, 0.1) is 5.92 Å². The molecule has 9 heavy (non-hydrogen) atoms. The molecule has 0 saturated carbocycles. The zero-order valence-corrected chi connectivity index (χ0v) is 6.23. The second kappa shape index (κ2) is 3.62. The highest BCUT2D eigenvalue weighted by molar-refractivity contribution is 6.64. The lowest BCUT2D eigenvalue weighted by molar-refractivity contribution is -0.122. The fourth-order valence-electron chi connectivity index (χ4n) is 0.511. The van der Waals surface area contributed by atoms with Crippen LogP contribution >= 0.6 is 11.6 Å². The molecule has 0 N–H and O–H groups in total. The second-order valence-corrected chi connectivity index (χ2v) is 2.48. The standard InChI is InChI=1S/C6H9ClO2/c1-4(6(7)9)3-5(2)8/h4H,3H2,1-2H3/t4-/m0/s1. The van der Waals surface area contributed by atoms with Gasteiger partial charge in [-0.25, -0.2) is 0 Å². The quantitative estimate of drug-likeness (QED) is 0.567. The molecule has 0 bridgehead atoms. The minimum atomic E-state index is -0.440. The van der Waals surface area contributed by atoms with E-state index in [1.165, 1.54) is 6.92 Å². The molecule has 0 aromatic rings. The Morgan fingerprint density at radius 3 is 2.11 bits per heavy atom. The molecule has 0 heterocycles. The molecule has 1 atom stereocenters. The maximum absolute atomic E-state index is 10.3. The van der Waals surface area contributed by atoms with Gasteiger partial charge in [0, 0.05) is 12.3 Å². The molecular weight excluding hydrogens is 140 g/mol. The highest BCUT2D eigenvalue weighted by Crippen LogP contribution is 2.05. The molecule has 2 nitrogen and oxygen atoms in total. The van der Waals surface area contributed by atoms with Crippen LogP contribution in [0.1, 0.15) is 20.3 Å². The van der Waals surface area contributed by atoms with Crippen LogP contribution in [0.2, 0.25) is 0 Å². The minimum absolute atomic E-state index is 0.00324. The zero-order valence-electron chi connectivity index (χ0n) is 5.48. The average molecular weight is 149 g/mol. The first kappa shape index (κ1) is 8.63. The summed E-state index contributed by atoms with van der Waals surface area (Å²) in [7, 11) is 0. The summed E-state index contributed by atoms with van der Waals surface area (Å²) in [5.41, 5.74) is 0. The van der Waals surface area contributed by atoms with E-state index in [0.29, 0.717) is 0 Å². The van der Waals surface area contributed by atoms with Crippen LogP contribution in [0.25, 0.3) is 0 Å². The summed E-state index contributed by atoms with van der Waals surface area (Å²) in [6.07, 6.45) is 0.252. The van der Waals surface area contributed by atoms with Crippen LogP contribution in [0.15, 0.2) is 0 Å². The van der Waals surface area contributed by atoms with Gasteiger partial charge in [-0.05, 0) is 18.5 Å². The average Bonchev–Trinajstić information content (AvgIpc) is 1.63. The fraction of sp³-hybridized carbons (Fsp3) is 0.667. The van der Waals surface area contributed by atoms with Crippen molar-refractivity contribution in [3.63, 3.8) is 0 Å². The number of halogens is 1. The highest BCUT2D eigenvalue weighted by Gasteiger charge is 2.10. The van der Waals surface area contributed by atoms with E-state index < -0.39 is 5.24 Å². The van der Waals surface area contributed by atoms with E-state index in [9.17, 15) is 9.59 Å². The Kier molecular flexibility index (Phi) is 3.47. The van der Waals surface area contributed by atoms with Crippen LogP contribution in [0.4, 0.5) is 0 Å². The van der Waals surface area contributed by atoms with Crippen molar-refractivity contribution in [2.75, 3.05) is 0 Å². The van der Waals surface area contributed by atoms with Gasteiger partial charge in [0.1, 0.15) is 5.78 Å². The van der Waals surface area contributed by atoms with Gasteiger partial charge in [-0.1, -0.05) is 6.92 Å². The molecule has 0 amide bonds. The molecule has 0 radical (unpaired) electrons. The summed E-state index contributed by atoms with van der Waals surface area (Å²) in [6, 6.07) is 0. The van der Waals surface area contributed by atoms with Crippen LogP contribution < -0.4 is 0 Å². The molecule has 0 aliphatic carbocycles. The normalized spacial score (nSPS) is 12.8. The molecule has 0 aromatic carbocycles. The van der Waals surface area contributed by atoms with Gasteiger partial charge in [-0.3, -0.25) is 4.79 Å². The molecule has 0 rings (SSSR count). The summed E-state index contributed by atoms with van der Waals surface area (Å²) in [5.74, 6) is -0.333. The highest BCUT2D eigenvalue weighted by atomic mass is 35.5. The molecule has 0 spiro atoms. The van der Waals surface area contributed by atoms with Crippen LogP contribution in [-0.4, -0.2) is 11.0 Å². The van der Waals surface area contributed by atoms with E-state index in [1.807, 2.05) is 0 Å². The lowest BCUT2D eigenvalue weighted by Gasteiger charge is -1.99. The monoisotopic (exact) mass is 148 g/mol.